The zero-order valence-electron chi connectivity index (χ0n) is 21.0. The Morgan fingerprint density at radius 2 is 1.68 bits per heavy atom. The molecule has 7 nitrogen and oxygen atoms in total. The molecular weight excluding hydrogens is 471 g/mol. The minimum Gasteiger partial charge on any atom is -0.383 e. The molecule has 0 unspecified atom stereocenters. The highest BCUT2D eigenvalue weighted by atomic mass is 19.1. The van der Waals surface area contributed by atoms with E-state index < -0.39 is 11.8 Å². The smallest absolute Gasteiger partial charge is 0.323 e. The van der Waals surface area contributed by atoms with Gasteiger partial charge in [0.15, 0.2) is 0 Å². The van der Waals surface area contributed by atoms with Gasteiger partial charge in [-0.3, -0.25) is 4.79 Å². The number of amides is 3. The Bertz CT molecular complexity index is 1200. The molecule has 0 aliphatic carbocycles. The third-order valence-electron chi connectivity index (χ3n) is 6.50. The number of hydrogen-bond acceptors (Lipinski definition) is 4. The van der Waals surface area contributed by atoms with Gasteiger partial charge in [0.25, 0.3) is 5.91 Å². The lowest BCUT2D eigenvalue weighted by atomic mass is 9.89. The van der Waals surface area contributed by atoms with Crippen LogP contribution in [-0.2, 0) is 11.2 Å². The first kappa shape index (κ1) is 26.2. The third kappa shape index (κ3) is 7.54. The van der Waals surface area contributed by atoms with E-state index in [0.29, 0.717) is 36.0 Å². The molecule has 1 saturated heterocycles. The van der Waals surface area contributed by atoms with Gasteiger partial charge in [-0.2, -0.15) is 0 Å². The summed E-state index contributed by atoms with van der Waals surface area (Å²) in [5, 5.41) is 8.24. The lowest BCUT2D eigenvalue weighted by molar-refractivity contribution is 0.0937. The monoisotopic (exact) mass is 504 g/mol. The molecule has 3 N–H and O–H groups in total. The molecule has 194 valence electrons. The van der Waals surface area contributed by atoms with Crippen molar-refractivity contribution in [3.63, 3.8) is 0 Å². The number of rotatable bonds is 9. The average molecular weight is 505 g/mol. The highest BCUT2D eigenvalue weighted by molar-refractivity contribution is 6.04. The molecule has 0 bridgehead atoms. The van der Waals surface area contributed by atoms with E-state index in [0.717, 1.165) is 38.0 Å². The van der Waals surface area contributed by atoms with Crippen LogP contribution in [0.2, 0.25) is 0 Å². The number of nitrogens with zero attached hydrogens (tertiary/aromatic N) is 1. The number of benzene rings is 3. The van der Waals surface area contributed by atoms with E-state index in [1.165, 1.54) is 23.8 Å². The van der Waals surface area contributed by atoms with E-state index in [2.05, 4.69) is 45.1 Å². The van der Waals surface area contributed by atoms with Gasteiger partial charge in [0, 0.05) is 43.8 Å². The minimum absolute atomic E-state index is 0.229. The number of carbonyl (C=O) groups is 2. The minimum atomic E-state index is -0.522. The molecule has 3 aromatic rings. The van der Waals surface area contributed by atoms with Crippen LogP contribution in [0.3, 0.4) is 0 Å². The molecule has 0 saturated carbocycles. The van der Waals surface area contributed by atoms with Crippen molar-refractivity contribution in [2.45, 2.75) is 19.3 Å². The number of ether oxygens (including phenoxy) is 1. The molecular formula is C29H33FN4O3. The summed E-state index contributed by atoms with van der Waals surface area (Å²) in [4.78, 5) is 27.8. The second-order valence-corrected chi connectivity index (χ2v) is 9.19. The average Bonchev–Trinajstić information content (AvgIpc) is 2.90. The van der Waals surface area contributed by atoms with Crippen LogP contribution < -0.4 is 20.9 Å². The summed E-state index contributed by atoms with van der Waals surface area (Å²) in [6.45, 7) is 2.48. The summed E-state index contributed by atoms with van der Waals surface area (Å²) in [7, 11) is 1.58. The zero-order valence-corrected chi connectivity index (χ0v) is 21.0. The fourth-order valence-electron chi connectivity index (χ4n) is 4.62. The first-order valence-corrected chi connectivity index (χ1v) is 12.6. The Hall–Kier alpha value is -3.91. The topological polar surface area (TPSA) is 82.7 Å². The molecule has 37 heavy (non-hydrogen) atoms. The lowest BCUT2D eigenvalue weighted by Crippen LogP contribution is -2.36. The third-order valence-corrected chi connectivity index (χ3v) is 6.50. The van der Waals surface area contributed by atoms with Crippen molar-refractivity contribution >= 4 is 29.0 Å². The first-order chi connectivity index (χ1) is 18.0. The van der Waals surface area contributed by atoms with E-state index in [1.54, 1.807) is 25.3 Å². The zero-order chi connectivity index (χ0) is 26.0. The fourth-order valence-corrected chi connectivity index (χ4v) is 4.62. The maximum atomic E-state index is 13.4. The van der Waals surface area contributed by atoms with E-state index in [9.17, 15) is 14.0 Å². The van der Waals surface area contributed by atoms with Crippen molar-refractivity contribution < 1.29 is 18.7 Å². The standard InChI is InChI=1S/C29H33FN4O3/c1-37-17-14-31-28(35)26-20-25(33-29(36)32-24-9-5-8-23(30)19-24)10-11-27(26)34-15-12-22(13-16-34)18-21-6-3-2-4-7-21/h2-11,19-20,22H,12-18H2,1H3,(H,31,35)(H2,32,33,36). The number of anilines is 3. The van der Waals surface area contributed by atoms with E-state index in [4.69, 9.17) is 4.74 Å². The normalized spacial score (nSPS) is 13.7. The van der Waals surface area contributed by atoms with Gasteiger partial charge in [-0.05, 0) is 67.1 Å². The predicted molar refractivity (Wildman–Crippen MR) is 145 cm³/mol. The number of piperidine rings is 1. The Labute approximate surface area is 217 Å². The van der Waals surface area contributed by atoms with Crippen LogP contribution in [0.1, 0.15) is 28.8 Å². The van der Waals surface area contributed by atoms with Crippen molar-refractivity contribution in [1.29, 1.82) is 0 Å². The van der Waals surface area contributed by atoms with E-state index >= 15 is 0 Å². The van der Waals surface area contributed by atoms with Gasteiger partial charge in [-0.1, -0.05) is 36.4 Å². The van der Waals surface area contributed by atoms with Gasteiger partial charge in [0.2, 0.25) is 0 Å². The number of methoxy groups -OCH3 is 1. The lowest BCUT2D eigenvalue weighted by Gasteiger charge is -2.35. The molecule has 1 heterocycles. The molecule has 4 rings (SSSR count). The first-order valence-electron chi connectivity index (χ1n) is 12.6. The highest BCUT2D eigenvalue weighted by Crippen LogP contribution is 2.30. The number of carbonyl (C=O) groups excluding carboxylic acids is 2. The van der Waals surface area contributed by atoms with Gasteiger partial charge < -0.3 is 25.6 Å². The largest absolute Gasteiger partial charge is 0.383 e. The SMILES string of the molecule is COCCNC(=O)c1cc(NC(=O)Nc2cccc(F)c2)ccc1N1CCC(Cc2ccccc2)CC1. The van der Waals surface area contributed by atoms with Crippen molar-refractivity contribution in [2.75, 3.05) is 48.9 Å². The summed E-state index contributed by atoms with van der Waals surface area (Å²) >= 11 is 0. The second kappa shape index (κ2) is 12.9. The molecule has 0 radical (unpaired) electrons. The molecule has 3 aromatic carbocycles. The Morgan fingerprint density at radius 1 is 0.946 bits per heavy atom. The fraction of sp³-hybridized carbons (Fsp3) is 0.310. The van der Waals surface area contributed by atoms with Crippen molar-refractivity contribution in [1.82, 2.24) is 5.32 Å². The number of urea groups is 1. The van der Waals surface area contributed by atoms with Crippen LogP contribution in [0.15, 0.2) is 72.8 Å². The van der Waals surface area contributed by atoms with Crippen molar-refractivity contribution in [3.8, 4) is 0 Å². The number of nitrogens with one attached hydrogen (secondary N) is 3. The molecule has 1 fully saturated rings. The molecule has 1 aliphatic rings. The molecule has 0 atom stereocenters. The van der Waals surface area contributed by atoms with Crippen LogP contribution in [0.25, 0.3) is 0 Å². The summed E-state index contributed by atoms with van der Waals surface area (Å²) in [6, 6.07) is 21.0. The molecule has 0 spiro atoms. The van der Waals surface area contributed by atoms with Gasteiger partial charge in [-0.15, -0.1) is 0 Å². The van der Waals surface area contributed by atoms with Crippen LogP contribution in [0.4, 0.5) is 26.2 Å². The second-order valence-electron chi connectivity index (χ2n) is 9.19. The summed E-state index contributed by atoms with van der Waals surface area (Å²) in [5.41, 5.74) is 3.48. The summed E-state index contributed by atoms with van der Waals surface area (Å²) < 4.78 is 18.5. The van der Waals surface area contributed by atoms with Gasteiger partial charge >= 0.3 is 6.03 Å². The Kier molecular flexibility index (Phi) is 9.10. The highest BCUT2D eigenvalue weighted by Gasteiger charge is 2.24. The van der Waals surface area contributed by atoms with E-state index in [-0.39, 0.29) is 5.91 Å². The van der Waals surface area contributed by atoms with Crippen LogP contribution in [0, 0.1) is 11.7 Å². The van der Waals surface area contributed by atoms with E-state index in [1.807, 2.05) is 12.1 Å². The van der Waals surface area contributed by atoms with Gasteiger partial charge in [0.1, 0.15) is 5.82 Å². The number of hydrogen-bond donors (Lipinski definition) is 3. The van der Waals surface area contributed by atoms with Crippen molar-refractivity contribution in [2.24, 2.45) is 5.92 Å². The Balaban J connectivity index is 1.45. The molecule has 8 heteroatoms. The maximum Gasteiger partial charge on any atom is 0.323 e. The van der Waals surface area contributed by atoms with Crippen molar-refractivity contribution in [3.05, 3.63) is 89.7 Å². The maximum absolute atomic E-state index is 13.4. The molecule has 1 aliphatic heterocycles. The predicted octanol–water partition coefficient (Wildman–Crippen LogP) is 5.31. The quantitative estimate of drug-likeness (QED) is 0.345. The molecule has 0 aromatic heterocycles. The van der Waals surface area contributed by atoms with Gasteiger partial charge in [0.05, 0.1) is 12.2 Å². The Morgan fingerprint density at radius 3 is 2.38 bits per heavy atom. The van der Waals surface area contributed by atoms with Crippen LogP contribution in [-0.4, -0.2) is 45.3 Å². The van der Waals surface area contributed by atoms with Gasteiger partial charge in [-0.25, -0.2) is 9.18 Å². The van der Waals surface area contributed by atoms with Crippen LogP contribution >= 0.6 is 0 Å². The summed E-state index contributed by atoms with van der Waals surface area (Å²) in [6.07, 6.45) is 3.13. The van der Waals surface area contributed by atoms with Crippen LogP contribution in [0.5, 0.6) is 0 Å². The molecule has 3 amide bonds. The number of halogens is 1. The summed E-state index contributed by atoms with van der Waals surface area (Å²) in [5.74, 6) is -0.0672.